The standard InChI is InChI=1S/C27H38ClN3O6S/c1-7-19(2)29-27(33)20(3)30(18-21-10-13-23(36-4)14-11-21)26(32)9-8-16-31(38(6,34)35)22-12-15-25(37-5)24(28)17-22/h10-15,17,19-20H,7-9,16,18H2,1-6H3,(H,29,33). The Hall–Kier alpha value is -2.98. The van der Waals surface area contributed by atoms with Crippen LogP contribution in [-0.4, -0.2) is 64.2 Å². The van der Waals surface area contributed by atoms with Crippen LogP contribution in [0.25, 0.3) is 0 Å². The number of ether oxygens (including phenoxy) is 2. The molecule has 0 aliphatic heterocycles. The quantitative estimate of drug-likeness (QED) is 0.366. The molecule has 0 saturated heterocycles. The molecule has 0 bridgehead atoms. The Bertz CT molecular complexity index is 1190. The first-order chi connectivity index (χ1) is 17.9. The summed E-state index contributed by atoms with van der Waals surface area (Å²) in [5.74, 6) is 0.618. The molecule has 2 atom stereocenters. The van der Waals surface area contributed by atoms with Crippen molar-refractivity contribution in [3.05, 3.63) is 53.1 Å². The van der Waals surface area contributed by atoms with Crippen molar-refractivity contribution in [2.75, 3.05) is 31.3 Å². The van der Waals surface area contributed by atoms with E-state index in [-0.39, 0.29) is 48.8 Å². The molecule has 2 rings (SSSR count). The molecule has 210 valence electrons. The molecule has 0 aromatic heterocycles. The summed E-state index contributed by atoms with van der Waals surface area (Å²) in [5.41, 5.74) is 1.22. The Kier molecular flexibility index (Phi) is 11.7. The highest BCUT2D eigenvalue weighted by Crippen LogP contribution is 2.30. The highest BCUT2D eigenvalue weighted by molar-refractivity contribution is 7.92. The molecule has 2 unspecified atom stereocenters. The summed E-state index contributed by atoms with van der Waals surface area (Å²) in [7, 11) is -0.591. The van der Waals surface area contributed by atoms with Crippen LogP contribution in [0.2, 0.25) is 5.02 Å². The van der Waals surface area contributed by atoms with Crippen LogP contribution in [0, 0.1) is 0 Å². The minimum Gasteiger partial charge on any atom is -0.497 e. The predicted molar refractivity (Wildman–Crippen MR) is 150 cm³/mol. The summed E-state index contributed by atoms with van der Waals surface area (Å²) in [4.78, 5) is 27.8. The van der Waals surface area contributed by atoms with Crippen molar-refractivity contribution in [1.82, 2.24) is 10.2 Å². The summed E-state index contributed by atoms with van der Waals surface area (Å²) in [6.45, 7) is 5.87. The zero-order chi connectivity index (χ0) is 28.5. The topological polar surface area (TPSA) is 105 Å². The summed E-state index contributed by atoms with van der Waals surface area (Å²) < 4.78 is 36.6. The van der Waals surface area contributed by atoms with Crippen molar-refractivity contribution in [2.45, 2.75) is 58.7 Å². The predicted octanol–water partition coefficient (Wildman–Crippen LogP) is 4.24. The van der Waals surface area contributed by atoms with Gasteiger partial charge in [-0.15, -0.1) is 0 Å². The van der Waals surface area contributed by atoms with Crippen molar-refractivity contribution in [1.29, 1.82) is 0 Å². The first-order valence-corrected chi connectivity index (χ1v) is 14.7. The minimum atomic E-state index is -3.64. The third-order valence-corrected chi connectivity index (χ3v) is 7.75. The average Bonchev–Trinajstić information content (AvgIpc) is 2.88. The molecule has 0 aliphatic carbocycles. The fourth-order valence-electron chi connectivity index (χ4n) is 3.79. The van der Waals surface area contributed by atoms with Gasteiger partial charge in [0.05, 0.1) is 31.2 Å². The van der Waals surface area contributed by atoms with Gasteiger partial charge in [-0.2, -0.15) is 0 Å². The van der Waals surface area contributed by atoms with Gasteiger partial charge < -0.3 is 19.7 Å². The number of anilines is 1. The van der Waals surface area contributed by atoms with Crippen molar-refractivity contribution in [2.24, 2.45) is 0 Å². The highest BCUT2D eigenvalue weighted by atomic mass is 35.5. The lowest BCUT2D eigenvalue weighted by Crippen LogP contribution is -2.49. The summed E-state index contributed by atoms with van der Waals surface area (Å²) in [6.07, 6.45) is 2.16. The van der Waals surface area contributed by atoms with Gasteiger partial charge in [0.1, 0.15) is 17.5 Å². The monoisotopic (exact) mass is 567 g/mol. The molecule has 0 aliphatic rings. The maximum absolute atomic E-state index is 13.4. The van der Waals surface area contributed by atoms with Crippen LogP contribution in [0.3, 0.4) is 0 Å². The lowest BCUT2D eigenvalue weighted by atomic mass is 10.1. The molecule has 2 aromatic rings. The number of carbonyl (C=O) groups is 2. The van der Waals surface area contributed by atoms with E-state index in [0.717, 1.165) is 18.2 Å². The highest BCUT2D eigenvalue weighted by Gasteiger charge is 2.27. The Labute approximate surface area is 231 Å². The van der Waals surface area contributed by atoms with Gasteiger partial charge in [-0.3, -0.25) is 13.9 Å². The number of sulfonamides is 1. The smallest absolute Gasteiger partial charge is 0.242 e. The summed E-state index contributed by atoms with van der Waals surface area (Å²) in [6, 6.07) is 11.2. The number of rotatable bonds is 14. The first kappa shape index (κ1) is 31.2. The van der Waals surface area contributed by atoms with E-state index in [1.165, 1.54) is 22.4 Å². The maximum atomic E-state index is 13.4. The molecule has 2 aromatic carbocycles. The van der Waals surface area contributed by atoms with Gasteiger partial charge >= 0.3 is 0 Å². The van der Waals surface area contributed by atoms with Crippen molar-refractivity contribution < 1.29 is 27.5 Å². The van der Waals surface area contributed by atoms with Gasteiger partial charge in [0.25, 0.3) is 0 Å². The molecule has 0 radical (unpaired) electrons. The number of halogens is 1. The van der Waals surface area contributed by atoms with Gasteiger partial charge in [-0.25, -0.2) is 8.42 Å². The van der Waals surface area contributed by atoms with E-state index < -0.39 is 16.1 Å². The third-order valence-electron chi connectivity index (χ3n) is 6.26. The first-order valence-electron chi connectivity index (χ1n) is 12.4. The molecule has 0 fully saturated rings. The third kappa shape index (κ3) is 8.80. The normalized spacial score (nSPS) is 12.8. The van der Waals surface area contributed by atoms with Crippen LogP contribution < -0.4 is 19.1 Å². The lowest BCUT2D eigenvalue weighted by molar-refractivity contribution is -0.140. The van der Waals surface area contributed by atoms with Gasteiger partial charge in [-0.1, -0.05) is 30.7 Å². The van der Waals surface area contributed by atoms with E-state index in [1.54, 1.807) is 38.3 Å². The van der Waals surface area contributed by atoms with E-state index in [0.29, 0.717) is 17.2 Å². The number of nitrogens with one attached hydrogen (secondary N) is 1. The molecule has 0 saturated carbocycles. The molecule has 38 heavy (non-hydrogen) atoms. The second-order valence-electron chi connectivity index (χ2n) is 9.12. The SMILES string of the molecule is CCC(C)NC(=O)C(C)N(Cc1ccc(OC)cc1)C(=O)CCCN(c1ccc(OC)c(Cl)c1)S(C)(=O)=O. The van der Waals surface area contributed by atoms with Crippen LogP contribution >= 0.6 is 11.6 Å². The van der Waals surface area contributed by atoms with E-state index in [1.807, 2.05) is 26.0 Å². The lowest BCUT2D eigenvalue weighted by Gasteiger charge is -2.30. The fourth-order valence-corrected chi connectivity index (χ4v) is 5.00. The van der Waals surface area contributed by atoms with Gasteiger partial charge in [0.15, 0.2) is 0 Å². The number of amides is 2. The van der Waals surface area contributed by atoms with Crippen LogP contribution in [-0.2, 0) is 26.2 Å². The van der Waals surface area contributed by atoms with E-state index in [2.05, 4.69) is 5.32 Å². The van der Waals surface area contributed by atoms with Gasteiger partial charge in [0, 0.05) is 25.6 Å². The second kappa shape index (κ2) is 14.2. The Balaban J connectivity index is 2.20. The molecule has 9 nitrogen and oxygen atoms in total. The number of methoxy groups -OCH3 is 2. The summed E-state index contributed by atoms with van der Waals surface area (Å²) >= 11 is 6.20. The summed E-state index contributed by atoms with van der Waals surface area (Å²) in [5, 5.41) is 3.22. The minimum absolute atomic E-state index is 0.0254. The average molecular weight is 568 g/mol. The van der Waals surface area contributed by atoms with E-state index in [9.17, 15) is 18.0 Å². The Morgan fingerprint density at radius 2 is 1.71 bits per heavy atom. The van der Waals surface area contributed by atoms with Crippen LogP contribution in [0.15, 0.2) is 42.5 Å². The number of nitrogens with zero attached hydrogens (tertiary/aromatic N) is 2. The molecule has 2 amide bonds. The zero-order valence-corrected chi connectivity index (χ0v) is 24.4. The van der Waals surface area contributed by atoms with Crippen LogP contribution in [0.4, 0.5) is 5.69 Å². The van der Waals surface area contributed by atoms with Crippen LogP contribution in [0.1, 0.15) is 45.6 Å². The van der Waals surface area contributed by atoms with Crippen molar-refractivity contribution >= 4 is 39.1 Å². The number of hydrogen-bond donors (Lipinski definition) is 1. The van der Waals surface area contributed by atoms with Crippen molar-refractivity contribution in [3.8, 4) is 11.5 Å². The van der Waals surface area contributed by atoms with Gasteiger partial charge in [0.2, 0.25) is 21.8 Å². The fraction of sp³-hybridized carbons (Fsp3) is 0.481. The molecular weight excluding hydrogens is 530 g/mol. The largest absolute Gasteiger partial charge is 0.497 e. The molecule has 1 N–H and O–H groups in total. The number of carbonyl (C=O) groups excluding carboxylic acids is 2. The second-order valence-corrected chi connectivity index (χ2v) is 11.4. The van der Waals surface area contributed by atoms with Crippen molar-refractivity contribution in [3.63, 3.8) is 0 Å². The van der Waals surface area contributed by atoms with Gasteiger partial charge in [-0.05, 0) is 62.6 Å². The molecule has 0 heterocycles. The molecule has 0 spiro atoms. The zero-order valence-electron chi connectivity index (χ0n) is 22.9. The Morgan fingerprint density at radius 3 is 2.24 bits per heavy atom. The van der Waals surface area contributed by atoms with E-state index >= 15 is 0 Å². The Morgan fingerprint density at radius 1 is 1.05 bits per heavy atom. The molecular formula is C27H38ClN3O6S. The number of hydrogen-bond acceptors (Lipinski definition) is 6. The van der Waals surface area contributed by atoms with E-state index in [4.69, 9.17) is 21.1 Å². The molecule has 11 heteroatoms. The number of benzene rings is 2. The maximum Gasteiger partial charge on any atom is 0.242 e. The van der Waals surface area contributed by atoms with Crippen LogP contribution in [0.5, 0.6) is 11.5 Å².